The Morgan fingerprint density at radius 1 is 1.00 bits per heavy atom. The largest absolute Gasteiger partial charge is 0.496 e. The number of rotatable bonds is 10. The Morgan fingerprint density at radius 3 is 2.24 bits per heavy atom. The zero-order valence-corrected chi connectivity index (χ0v) is 20.6. The highest BCUT2D eigenvalue weighted by molar-refractivity contribution is 7.92. The van der Waals surface area contributed by atoms with Crippen LogP contribution in [-0.4, -0.2) is 34.3 Å². The summed E-state index contributed by atoms with van der Waals surface area (Å²) < 4.78 is 37.0. The van der Waals surface area contributed by atoms with Gasteiger partial charge < -0.3 is 14.8 Å². The highest BCUT2D eigenvalue weighted by Crippen LogP contribution is 2.26. The number of carbonyl (C=O) groups is 1. The van der Waals surface area contributed by atoms with E-state index in [9.17, 15) is 13.2 Å². The predicted octanol–water partition coefficient (Wildman–Crippen LogP) is 4.55. The molecule has 0 bridgehead atoms. The summed E-state index contributed by atoms with van der Waals surface area (Å²) in [5.74, 6) is 1.16. The summed E-state index contributed by atoms with van der Waals surface area (Å²) in [5, 5.41) is 2.98. The van der Waals surface area contributed by atoms with Crippen LogP contribution in [0.25, 0.3) is 0 Å². The molecule has 0 aliphatic rings. The third kappa shape index (κ3) is 6.29. The molecule has 3 aromatic rings. The third-order valence-electron chi connectivity index (χ3n) is 5.33. The van der Waals surface area contributed by atoms with Crippen molar-refractivity contribution in [1.29, 1.82) is 0 Å². The fourth-order valence-corrected chi connectivity index (χ4v) is 4.47. The molecule has 0 aliphatic heterocycles. The normalized spacial score (nSPS) is 12.0. The Balaban J connectivity index is 1.72. The number of ether oxygens (including phenoxy) is 2. The number of nitrogens with zero attached hydrogens (tertiary/aromatic N) is 1. The summed E-state index contributed by atoms with van der Waals surface area (Å²) in [7, 11) is -1.92. The number of anilines is 1. The molecule has 0 saturated carbocycles. The van der Waals surface area contributed by atoms with Gasteiger partial charge >= 0.3 is 0 Å². The molecule has 1 N–H and O–H groups in total. The van der Waals surface area contributed by atoms with Gasteiger partial charge in [0, 0.05) is 11.1 Å². The first-order valence-corrected chi connectivity index (χ1v) is 12.8. The van der Waals surface area contributed by atoms with E-state index in [4.69, 9.17) is 9.47 Å². The van der Waals surface area contributed by atoms with Crippen molar-refractivity contribution in [3.8, 4) is 11.5 Å². The van der Waals surface area contributed by atoms with Gasteiger partial charge in [-0.2, -0.15) is 0 Å². The number of hydrogen-bond donors (Lipinski definition) is 1. The van der Waals surface area contributed by atoms with Crippen molar-refractivity contribution in [1.82, 2.24) is 5.32 Å². The molecule has 0 radical (unpaired) electrons. The molecule has 3 rings (SSSR count). The summed E-state index contributed by atoms with van der Waals surface area (Å²) in [6, 6.07) is 21.1. The molecule has 3 aromatic carbocycles. The fraction of sp³-hybridized carbons (Fsp3) is 0.269. The van der Waals surface area contributed by atoms with Crippen molar-refractivity contribution >= 4 is 21.6 Å². The molecule has 34 heavy (non-hydrogen) atoms. The minimum absolute atomic E-state index is 0.145. The van der Waals surface area contributed by atoms with Crippen LogP contribution in [0.15, 0.2) is 72.8 Å². The number of hydrogen-bond acceptors (Lipinski definition) is 5. The Labute approximate surface area is 201 Å². The molecule has 180 valence electrons. The lowest BCUT2D eigenvalue weighted by atomic mass is 10.1. The molecule has 0 spiro atoms. The van der Waals surface area contributed by atoms with Crippen LogP contribution >= 0.6 is 0 Å². The molecule has 0 heterocycles. The molecular formula is C26H30N2O5S. The van der Waals surface area contributed by atoms with Gasteiger partial charge in [0.1, 0.15) is 11.5 Å². The average molecular weight is 483 g/mol. The average Bonchev–Trinajstić information content (AvgIpc) is 2.83. The van der Waals surface area contributed by atoms with Gasteiger partial charge in [0.2, 0.25) is 10.0 Å². The molecule has 0 saturated heterocycles. The molecule has 1 amide bonds. The summed E-state index contributed by atoms with van der Waals surface area (Å²) in [5.41, 5.74) is 2.67. The van der Waals surface area contributed by atoms with Crippen LogP contribution in [-0.2, 0) is 16.6 Å². The first-order valence-electron chi connectivity index (χ1n) is 11.0. The number of carbonyl (C=O) groups excluding carboxylic acids is 1. The van der Waals surface area contributed by atoms with Crippen LogP contribution in [0.4, 0.5) is 5.69 Å². The maximum atomic E-state index is 12.8. The van der Waals surface area contributed by atoms with E-state index in [1.807, 2.05) is 38.1 Å². The maximum Gasteiger partial charge on any atom is 0.251 e. The van der Waals surface area contributed by atoms with Crippen LogP contribution in [0.2, 0.25) is 0 Å². The van der Waals surface area contributed by atoms with Gasteiger partial charge in [-0.1, -0.05) is 30.3 Å². The van der Waals surface area contributed by atoms with Gasteiger partial charge in [-0.3, -0.25) is 9.10 Å². The van der Waals surface area contributed by atoms with Crippen LogP contribution < -0.4 is 19.1 Å². The Bertz CT molecular complexity index is 1210. The summed E-state index contributed by atoms with van der Waals surface area (Å²) in [6.07, 6.45) is 1.17. The number of nitrogens with one attached hydrogen (secondary N) is 1. The van der Waals surface area contributed by atoms with Crippen molar-refractivity contribution in [3.05, 3.63) is 89.5 Å². The zero-order chi connectivity index (χ0) is 24.7. The van der Waals surface area contributed by atoms with E-state index in [2.05, 4.69) is 5.32 Å². The van der Waals surface area contributed by atoms with Crippen LogP contribution in [0.5, 0.6) is 11.5 Å². The maximum absolute atomic E-state index is 12.8. The zero-order valence-electron chi connectivity index (χ0n) is 19.8. The van der Waals surface area contributed by atoms with Crippen molar-refractivity contribution in [3.63, 3.8) is 0 Å². The summed E-state index contributed by atoms with van der Waals surface area (Å²) in [4.78, 5) is 12.8. The Morgan fingerprint density at radius 2 is 1.65 bits per heavy atom. The quantitative estimate of drug-likeness (QED) is 0.458. The topological polar surface area (TPSA) is 84.9 Å². The number of para-hydroxylation sites is 1. The lowest BCUT2D eigenvalue weighted by Gasteiger charge is -2.23. The number of sulfonamides is 1. The van der Waals surface area contributed by atoms with E-state index in [-0.39, 0.29) is 18.5 Å². The first-order chi connectivity index (χ1) is 16.2. The molecule has 0 aromatic heterocycles. The predicted molar refractivity (Wildman–Crippen MR) is 134 cm³/mol. The smallest absolute Gasteiger partial charge is 0.251 e. The third-order valence-corrected chi connectivity index (χ3v) is 6.47. The van der Waals surface area contributed by atoms with Crippen molar-refractivity contribution in [2.75, 3.05) is 24.3 Å². The van der Waals surface area contributed by atoms with Crippen molar-refractivity contribution < 1.29 is 22.7 Å². The highest BCUT2D eigenvalue weighted by atomic mass is 32.2. The van der Waals surface area contributed by atoms with Gasteiger partial charge in [0.05, 0.1) is 38.2 Å². The minimum atomic E-state index is -3.52. The fourth-order valence-electron chi connectivity index (χ4n) is 3.58. The highest BCUT2D eigenvalue weighted by Gasteiger charge is 2.19. The molecule has 7 nitrogen and oxygen atoms in total. The lowest BCUT2D eigenvalue weighted by Crippen LogP contribution is -2.29. The van der Waals surface area contributed by atoms with Crippen molar-refractivity contribution in [2.24, 2.45) is 0 Å². The second-order valence-electron chi connectivity index (χ2n) is 7.83. The van der Waals surface area contributed by atoms with E-state index in [1.54, 1.807) is 55.6 Å². The van der Waals surface area contributed by atoms with E-state index < -0.39 is 10.0 Å². The molecule has 1 atom stereocenters. The molecule has 0 aliphatic carbocycles. The second-order valence-corrected chi connectivity index (χ2v) is 9.74. The summed E-state index contributed by atoms with van der Waals surface area (Å²) >= 11 is 0. The number of amides is 1. The molecule has 1 unspecified atom stereocenters. The monoisotopic (exact) mass is 482 g/mol. The van der Waals surface area contributed by atoms with E-state index in [0.29, 0.717) is 29.4 Å². The number of methoxy groups -OCH3 is 1. The van der Waals surface area contributed by atoms with Crippen LogP contribution in [0.1, 0.15) is 41.4 Å². The van der Waals surface area contributed by atoms with E-state index in [1.165, 1.54) is 10.6 Å². The van der Waals surface area contributed by atoms with E-state index >= 15 is 0 Å². The Kier molecular flexibility index (Phi) is 8.17. The van der Waals surface area contributed by atoms with Gasteiger partial charge in [0.25, 0.3) is 5.91 Å². The van der Waals surface area contributed by atoms with Gasteiger partial charge in [-0.05, 0) is 61.9 Å². The minimum Gasteiger partial charge on any atom is -0.496 e. The van der Waals surface area contributed by atoms with Gasteiger partial charge in [-0.25, -0.2) is 8.42 Å². The SMILES string of the molecule is CCOc1ccc(N(Cc2ccc(C(=O)NC(C)c3ccccc3OC)cc2)S(C)(=O)=O)cc1. The standard InChI is InChI=1S/C26H30N2O5S/c1-5-33-23-16-14-22(15-17-23)28(34(4,30)31)18-20-10-12-21(13-11-20)26(29)27-19(2)24-8-6-7-9-25(24)32-3/h6-17,19H,5,18H2,1-4H3,(H,27,29). The number of benzene rings is 3. The van der Waals surface area contributed by atoms with Crippen LogP contribution in [0, 0.1) is 0 Å². The van der Waals surface area contributed by atoms with Crippen LogP contribution in [0.3, 0.4) is 0 Å². The molecule has 8 heteroatoms. The Hall–Kier alpha value is -3.52. The summed E-state index contributed by atoms with van der Waals surface area (Å²) in [6.45, 7) is 4.46. The second kappa shape index (κ2) is 11.1. The van der Waals surface area contributed by atoms with E-state index in [0.717, 1.165) is 11.1 Å². The molecular weight excluding hydrogens is 452 g/mol. The van der Waals surface area contributed by atoms with Gasteiger partial charge in [0.15, 0.2) is 0 Å². The first kappa shape index (κ1) is 25.1. The lowest BCUT2D eigenvalue weighted by molar-refractivity contribution is 0.0939. The van der Waals surface area contributed by atoms with Crippen molar-refractivity contribution in [2.45, 2.75) is 26.4 Å². The van der Waals surface area contributed by atoms with Gasteiger partial charge in [-0.15, -0.1) is 0 Å². The molecule has 0 fully saturated rings.